The molecule has 9 heteroatoms. The van der Waals surface area contributed by atoms with E-state index >= 15 is 0 Å². The Bertz CT molecular complexity index is 1550. The molecule has 200 valence electrons. The molecular formula is C29H33N3O5S. The largest absolute Gasteiger partial charge is 0.496 e. The van der Waals surface area contributed by atoms with E-state index in [1.165, 1.54) is 11.3 Å². The van der Waals surface area contributed by atoms with Crippen molar-refractivity contribution in [2.75, 3.05) is 33.9 Å². The lowest BCUT2D eigenvalue weighted by molar-refractivity contribution is -0.127. The highest BCUT2D eigenvalue weighted by Gasteiger charge is 2.35. The van der Waals surface area contributed by atoms with Crippen LogP contribution in [0.3, 0.4) is 0 Å². The van der Waals surface area contributed by atoms with Gasteiger partial charge in [-0.3, -0.25) is 14.2 Å². The number of rotatable bonds is 9. The molecule has 0 saturated carbocycles. The van der Waals surface area contributed by atoms with Gasteiger partial charge in [-0.15, -0.1) is 0 Å². The fraction of sp³-hybridized carbons (Fsp3) is 0.345. The number of carbonyl (C=O) groups excluding carboxylic acids is 1. The second-order valence-electron chi connectivity index (χ2n) is 8.61. The highest BCUT2D eigenvalue weighted by Crippen LogP contribution is 2.36. The molecule has 38 heavy (non-hydrogen) atoms. The van der Waals surface area contributed by atoms with Crippen LogP contribution in [-0.2, 0) is 4.79 Å². The lowest BCUT2D eigenvalue weighted by Crippen LogP contribution is -2.43. The average Bonchev–Trinajstić information content (AvgIpc) is 3.23. The molecule has 0 N–H and O–H groups in total. The van der Waals surface area contributed by atoms with Gasteiger partial charge in [0.05, 0.1) is 36.6 Å². The minimum Gasteiger partial charge on any atom is -0.496 e. The van der Waals surface area contributed by atoms with Crippen molar-refractivity contribution in [1.29, 1.82) is 0 Å². The van der Waals surface area contributed by atoms with E-state index in [1.54, 1.807) is 29.8 Å². The Balaban J connectivity index is 2.00. The fourth-order valence-electron chi connectivity index (χ4n) is 4.71. The Morgan fingerprint density at radius 2 is 1.74 bits per heavy atom. The van der Waals surface area contributed by atoms with E-state index in [9.17, 15) is 9.59 Å². The summed E-state index contributed by atoms with van der Waals surface area (Å²) in [6.07, 6.45) is 1.79. The van der Waals surface area contributed by atoms with Crippen molar-refractivity contribution < 1.29 is 19.0 Å². The molecule has 2 aromatic carbocycles. The standard InChI is InChI=1S/C29H33N3O5S/c1-7-31(8-2)28(34)24-18(4)30-29-32(25(24)20-14-10-11-15-21(20)35-5)27(33)23(38-29)17-19-13-12-16-22(36-6)26(19)37-9-3/h10-17,25H,7-9H2,1-6H3/b23-17+/t25-/m0/s1. The summed E-state index contributed by atoms with van der Waals surface area (Å²) in [5.74, 6) is 1.60. The van der Waals surface area contributed by atoms with Crippen molar-refractivity contribution in [1.82, 2.24) is 9.47 Å². The first kappa shape index (κ1) is 27.2. The number of ether oxygens (including phenoxy) is 3. The van der Waals surface area contributed by atoms with E-state index < -0.39 is 6.04 Å². The Morgan fingerprint density at radius 1 is 1.05 bits per heavy atom. The number of hydrogen-bond donors (Lipinski definition) is 0. The Morgan fingerprint density at radius 3 is 2.39 bits per heavy atom. The van der Waals surface area contributed by atoms with Crippen LogP contribution in [0.2, 0.25) is 0 Å². The average molecular weight is 536 g/mol. The number of thiazole rings is 1. The van der Waals surface area contributed by atoms with Crippen LogP contribution in [0.4, 0.5) is 0 Å². The van der Waals surface area contributed by atoms with Crippen molar-refractivity contribution in [2.45, 2.75) is 33.7 Å². The number of fused-ring (bicyclic) bond motifs is 1. The van der Waals surface area contributed by atoms with E-state index in [0.717, 1.165) is 11.1 Å². The predicted octanol–water partition coefficient (Wildman–Crippen LogP) is 3.52. The summed E-state index contributed by atoms with van der Waals surface area (Å²) in [6.45, 7) is 9.15. The third kappa shape index (κ3) is 4.86. The van der Waals surface area contributed by atoms with Gasteiger partial charge >= 0.3 is 0 Å². The first-order valence-corrected chi connectivity index (χ1v) is 13.5. The van der Waals surface area contributed by atoms with E-state index in [2.05, 4.69) is 0 Å². The van der Waals surface area contributed by atoms with Crippen molar-refractivity contribution in [3.8, 4) is 17.2 Å². The molecule has 2 heterocycles. The third-order valence-electron chi connectivity index (χ3n) is 6.54. The molecule has 0 radical (unpaired) electrons. The molecule has 8 nitrogen and oxygen atoms in total. The van der Waals surface area contributed by atoms with Gasteiger partial charge in [-0.2, -0.15) is 0 Å². The zero-order chi connectivity index (χ0) is 27.4. The molecular weight excluding hydrogens is 502 g/mol. The number of nitrogens with zero attached hydrogens (tertiary/aromatic N) is 3. The van der Waals surface area contributed by atoms with Crippen LogP contribution in [0.1, 0.15) is 44.9 Å². The van der Waals surface area contributed by atoms with Gasteiger partial charge in [0.25, 0.3) is 11.5 Å². The molecule has 3 aromatic rings. The highest BCUT2D eigenvalue weighted by molar-refractivity contribution is 7.07. The molecule has 1 aromatic heterocycles. The van der Waals surface area contributed by atoms with Crippen molar-refractivity contribution in [2.24, 2.45) is 4.99 Å². The molecule has 0 bridgehead atoms. The number of carbonyl (C=O) groups is 1. The van der Waals surface area contributed by atoms with Gasteiger partial charge in [-0.25, -0.2) is 4.99 Å². The second kappa shape index (κ2) is 11.7. The molecule has 0 unspecified atom stereocenters. The van der Waals surface area contributed by atoms with Gasteiger partial charge in [0, 0.05) is 24.2 Å². The summed E-state index contributed by atoms with van der Waals surface area (Å²) in [4.78, 5) is 34.8. The number of methoxy groups -OCH3 is 2. The van der Waals surface area contributed by atoms with Gasteiger partial charge in [0.15, 0.2) is 16.3 Å². The van der Waals surface area contributed by atoms with Crippen LogP contribution in [0, 0.1) is 0 Å². The first-order chi connectivity index (χ1) is 18.4. The number of aromatic nitrogens is 1. The van der Waals surface area contributed by atoms with Gasteiger partial charge < -0.3 is 19.1 Å². The molecule has 1 aliphatic rings. The summed E-state index contributed by atoms with van der Waals surface area (Å²) in [5, 5.41) is 0. The monoisotopic (exact) mass is 535 g/mol. The van der Waals surface area contributed by atoms with E-state index in [4.69, 9.17) is 19.2 Å². The maximum atomic E-state index is 14.0. The minimum absolute atomic E-state index is 0.145. The zero-order valence-corrected chi connectivity index (χ0v) is 23.4. The Kier molecular flexibility index (Phi) is 8.36. The number of hydrogen-bond acceptors (Lipinski definition) is 7. The van der Waals surface area contributed by atoms with E-state index in [0.29, 0.717) is 57.5 Å². The van der Waals surface area contributed by atoms with Crippen molar-refractivity contribution in [3.05, 3.63) is 84.5 Å². The molecule has 1 amide bonds. The van der Waals surface area contributed by atoms with Gasteiger partial charge in [0.2, 0.25) is 0 Å². The van der Waals surface area contributed by atoms with Gasteiger partial charge in [-0.1, -0.05) is 41.7 Å². The summed E-state index contributed by atoms with van der Waals surface area (Å²) >= 11 is 1.28. The third-order valence-corrected chi connectivity index (χ3v) is 7.52. The lowest BCUT2D eigenvalue weighted by Gasteiger charge is -2.29. The van der Waals surface area contributed by atoms with Gasteiger partial charge in [0.1, 0.15) is 11.8 Å². The topological polar surface area (TPSA) is 82.4 Å². The molecule has 0 fully saturated rings. The highest BCUT2D eigenvalue weighted by atomic mass is 32.1. The molecule has 4 rings (SSSR count). The lowest BCUT2D eigenvalue weighted by atomic mass is 9.94. The molecule has 0 spiro atoms. The smallest absolute Gasteiger partial charge is 0.271 e. The zero-order valence-electron chi connectivity index (χ0n) is 22.6. The summed E-state index contributed by atoms with van der Waals surface area (Å²) in [5.41, 5.74) is 2.26. The van der Waals surface area contributed by atoms with Crippen LogP contribution < -0.4 is 29.1 Å². The number of allylic oxidation sites excluding steroid dienone is 1. The Labute approximate surface area is 226 Å². The van der Waals surface area contributed by atoms with E-state index in [1.807, 2.05) is 70.2 Å². The van der Waals surface area contributed by atoms with Crippen LogP contribution in [0.15, 0.2) is 63.5 Å². The Hall–Kier alpha value is -3.85. The molecule has 1 atom stereocenters. The first-order valence-electron chi connectivity index (χ1n) is 12.6. The van der Waals surface area contributed by atoms with Crippen LogP contribution >= 0.6 is 11.3 Å². The summed E-state index contributed by atoms with van der Waals surface area (Å²) in [7, 11) is 3.17. The SMILES string of the molecule is CCOc1c(/C=c2/sc3n(c2=O)[C@@H](c2ccccc2OC)C(C(=O)N(CC)CC)=C(C)N=3)cccc1OC. The number of likely N-dealkylation sites (N-methyl/N-ethyl adjacent to an activating group) is 1. The number of benzene rings is 2. The quantitative estimate of drug-likeness (QED) is 0.419. The van der Waals surface area contributed by atoms with Crippen LogP contribution in [-0.4, -0.2) is 49.3 Å². The summed E-state index contributed by atoms with van der Waals surface area (Å²) < 4.78 is 19.1. The fourth-order valence-corrected chi connectivity index (χ4v) is 5.75. The number of amides is 1. The van der Waals surface area contributed by atoms with Crippen LogP contribution in [0.5, 0.6) is 17.2 Å². The summed E-state index contributed by atoms with van der Waals surface area (Å²) in [6, 6.07) is 12.3. The normalized spacial score (nSPS) is 15.1. The maximum Gasteiger partial charge on any atom is 0.271 e. The molecule has 1 aliphatic heterocycles. The van der Waals surface area contributed by atoms with E-state index in [-0.39, 0.29) is 11.5 Å². The van der Waals surface area contributed by atoms with Gasteiger partial charge in [-0.05, 0) is 45.9 Å². The molecule has 0 saturated heterocycles. The van der Waals surface area contributed by atoms with Crippen molar-refractivity contribution in [3.63, 3.8) is 0 Å². The predicted molar refractivity (Wildman–Crippen MR) is 149 cm³/mol. The maximum absolute atomic E-state index is 14.0. The second-order valence-corrected chi connectivity index (χ2v) is 9.62. The number of para-hydroxylation sites is 2. The minimum atomic E-state index is -0.686. The molecule has 0 aliphatic carbocycles. The van der Waals surface area contributed by atoms with Crippen molar-refractivity contribution >= 4 is 23.3 Å². The van der Waals surface area contributed by atoms with Crippen LogP contribution in [0.25, 0.3) is 6.08 Å².